The van der Waals surface area contributed by atoms with E-state index in [0.29, 0.717) is 10.9 Å². The highest BCUT2D eigenvalue weighted by Gasteiger charge is 2.20. The quantitative estimate of drug-likeness (QED) is 0.704. The van der Waals surface area contributed by atoms with Crippen LogP contribution in [0.5, 0.6) is 0 Å². The molecule has 0 aliphatic heterocycles. The summed E-state index contributed by atoms with van der Waals surface area (Å²) >= 11 is 0. The highest BCUT2D eigenvalue weighted by atomic mass is 16.2. The van der Waals surface area contributed by atoms with Crippen LogP contribution in [0.15, 0.2) is 40.1 Å². The Bertz CT molecular complexity index is 1090. The van der Waals surface area contributed by atoms with Crippen molar-refractivity contribution in [2.24, 2.45) is 14.1 Å². The summed E-state index contributed by atoms with van der Waals surface area (Å²) < 4.78 is 4.88. The van der Waals surface area contributed by atoms with Crippen LogP contribution in [0.4, 0.5) is 0 Å². The van der Waals surface area contributed by atoms with E-state index in [4.69, 9.17) is 0 Å². The van der Waals surface area contributed by atoms with Gasteiger partial charge in [0.15, 0.2) is 0 Å². The molecule has 1 aromatic carbocycles. The number of aryl methyl sites for hydroxylation is 2. The molecule has 5 nitrogen and oxygen atoms in total. The van der Waals surface area contributed by atoms with Crippen LogP contribution in [0.2, 0.25) is 0 Å². The van der Waals surface area contributed by atoms with Gasteiger partial charge in [0, 0.05) is 26.8 Å². The van der Waals surface area contributed by atoms with Gasteiger partial charge in [-0.15, -0.1) is 0 Å². The summed E-state index contributed by atoms with van der Waals surface area (Å²) in [6.45, 7) is 9.53. The lowest BCUT2D eigenvalue weighted by molar-refractivity contribution is 0.590. The Hall–Kier alpha value is -2.56. The first-order valence-electron chi connectivity index (χ1n) is 9.56. The zero-order chi connectivity index (χ0) is 19.9. The van der Waals surface area contributed by atoms with Crippen molar-refractivity contribution < 1.29 is 0 Å². The molecule has 27 heavy (non-hydrogen) atoms. The zero-order valence-electron chi connectivity index (χ0n) is 17.2. The third-order valence-electron chi connectivity index (χ3n) is 5.29. The van der Waals surface area contributed by atoms with Gasteiger partial charge in [0.05, 0.1) is 16.6 Å². The van der Waals surface area contributed by atoms with Crippen LogP contribution in [0.3, 0.4) is 0 Å². The molecule has 0 unspecified atom stereocenters. The molecule has 0 spiro atoms. The lowest BCUT2D eigenvalue weighted by Gasteiger charge is -2.19. The van der Waals surface area contributed by atoms with Crippen molar-refractivity contribution in [3.8, 4) is 11.3 Å². The van der Waals surface area contributed by atoms with Gasteiger partial charge in [-0.25, -0.2) is 4.79 Å². The molecule has 0 amide bonds. The van der Waals surface area contributed by atoms with Crippen LogP contribution in [-0.4, -0.2) is 13.7 Å². The fourth-order valence-corrected chi connectivity index (χ4v) is 3.53. The van der Waals surface area contributed by atoms with Crippen LogP contribution >= 0.6 is 0 Å². The fourth-order valence-electron chi connectivity index (χ4n) is 3.53. The van der Waals surface area contributed by atoms with Crippen LogP contribution < -0.4 is 11.2 Å². The number of aromatic nitrogens is 3. The highest BCUT2D eigenvalue weighted by Crippen LogP contribution is 2.31. The van der Waals surface area contributed by atoms with Crippen molar-refractivity contribution in [3.05, 3.63) is 56.9 Å². The Morgan fingerprint density at radius 2 is 1.59 bits per heavy atom. The molecule has 3 rings (SSSR count). The molecule has 0 N–H and O–H groups in total. The van der Waals surface area contributed by atoms with Crippen LogP contribution in [-0.2, 0) is 26.1 Å². The lowest BCUT2D eigenvalue weighted by atomic mass is 9.86. The first-order valence-corrected chi connectivity index (χ1v) is 9.56. The molecule has 3 aromatic rings. The second kappa shape index (κ2) is 6.87. The van der Waals surface area contributed by atoms with Crippen molar-refractivity contribution in [1.29, 1.82) is 0 Å². The van der Waals surface area contributed by atoms with E-state index < -0.39 is 0 Å². The van der Waals surface area contributed by atoms with Gasteiger partial charge in [0.2, 0.25) is 0 Å². The van der Waals surface area contributed by atoms with Gasteiger partial charge in [0.25, 0.3) is 5.56 Å². The first kappa shape index (κ1) is 19.2. The average molecular weight is 367 g/mol. The molecule has 2 heterocycles. The van der Waals surface area contributed by atoms with E-state index in [2.05, 4.69) is 56.5 Å². The van der Waals surface area contributed by atoms with Gasteiger partial charge >= 0.3 is 5.69 Å². The minimum absolute atomic E-state index is 0.0742. The molecule has 0 aliphatic carbocycles. The van der Waals surface area contributed by atoms with E-state index >= 15 is 0 Å². The molecule has 0 saturated heterocycles. The second-order valence-electron chi connectivity index (χ2n) is 8.32. The van der Waals surface area contributed by atoms with E-state index in [1.165, 1.54) is 10.1 Å². The maximum absolute atomic E-state index is 12.9. The predicted octanol–water partition coefficient (Wildman–Crippen LogP) is 3.80. The fraction of sp³-hybridized carbons (Fsp3) is 0.455. The molecule has 0 atom stereocenters. The summed E-state index contributed by atoms with van der Waals surface area (Å²) in [6, 6.07) is 8.43. The summed E-state index contributed by atoms with van der Waals surface area (Å²) in [4.78, 5) is 25.3. The topological polar surface area (TPSA) is 48.9 Å². The molecule has 5 heteroatoms. The largest absolute Gasteiger partial charge is 0.345 e. The molecular weight excluding hydrogens is 338 g/mol. The number of unbranched alkanes of at least 4 members (excludes halogenated alkanes) is 1. The van der Waals surface area contributed by atoms with Gasteiger partial charge in [-0.1, -0.05) is 58.4 Å². The van der Waals surface area contributed by atoms with Crippen molar-refractivity contribution in [3.63, 3.8) is 0 Å². The number of nitrogens with zero attached hydrogens (tertiary/aromatic N) is 3. The molecular formula is C22H29N3O2. The number of hydrogen-bond donors (Lipinski definition) is 0. The number of fused-ring (bicyclic) bond motifs is 1. The SMILES string of the molecule is CCCCn1cc2c(c1-c1ccc(C(C)(C)C)cc1)c(=O)n(C)c(=O)n2C. The molecule has 2 aromatic heterocycles. The molecule has 0 radical (unpaired) electrons. The normalized spacial score (nSPS) is 12.1. The maximum atomic E-state index is 12.9. The summed E-state index contributed by atoms with van der Waals surface area (Å²) in [5.74, 6) is 0. The minimum atomic E-state index is -0.297. The van der Waals surface area contributed by atoms with Gasteiger partial charge in [0.1, 0.15) is 0 Å². The Morgan fingerprint density at radius 1 is 0.963 bits per heavy atom. The van der Waals surface area contributed by atoms with Crippen LogP contribution in [0, 0.1) is 0 Å². The standard InChI is InChI=1S/C22H29N3O2/c1-7-8-13-25-14-17-18(20(26)24(6)21(27)23(17)5)19(25)15-9-11-16(12-10-15)22(2,3)4/h9-12,14H,7-8,13H2,1-6H3. The third-order valence-corrected chi connectivity index (χ3v) is 5.29. The monoisotopic (exact) mass is 367 g/mol. The minimum Gasteiger partial charge on any atom is -0.345 e. The smallest absolute Gasteiger partial charge is 0.330 e. The van der Waals surface area contributed by atoms with E-state index in [9.17, 15) is 9.59 Å². The summed E-state index contributed by atoms with van der Waals surface area (Å²) in [6.07, 6.45) is 4.02. The Morgan fingerprint density at radius 3 is 2.15 bits per heavy atom. The van der Waals surface area contributed by atoms with Crippen molar-refractivity contribution in [2.75, 3.05) is 0 Å². The van der Waals surface area contributed by atoms with Crippen molar-refractivity contribution in [2.45, 2.75) is 52.5 Å². The average Bonchev–Trinajstić information content (AvgIpc) is 3.02. The third kappa shape index (κ3) is 3.27. The predicted molar refractivity (Wildman–Crippen MR) is 111 cm³/mol. The van der Waals surface area contributed by atoms with E-state index in [0.717, 1.165) is 30.6 Å². The van der Waals surface area contributed by atoms with E-state index in [1.54, 1.807) is 18.7 Å². The highest BCUT2D eigenvalue weighted by molar-refractivity contribution is 5.93. The molecule has 0 aliphatic rings. The van der Waals surface area contributed by atoms with Gasteiger partial charge in [-0.3, -0.25) is 13.9 Å². The summed E-state index contributed by atoms with van der Waals surface area (Å²) in [5, 5.41) is 0.610. The molecule has 0 saturated carbocycles. The number of rotatable bonds is 4. The zero-order valence-corrected chi connectivity index (χ0v) is 17.2. The van der Waals surface area contributed by atoms with Crippen LogP contribution in [0.25, 0.3) is 22.2 Å². The number of hydrogen-bond acceptors (Lipinski definition) is 2. The Kier molecular flexibility index (Phi) is 4.89. The number of benzene rings is 1. The van der Waals surface area contributed by atoms with E-state index in [-0.39, 0.29) is 16.7 Å². The van der Waals surface area contributed by atoms with Crippen molar-refractivity contribution in [1.82, 2.24) is 13.7 Å². The Labute approximate surface area is 159 Å². The summed E-state index contributed by atoms with van der Waals surface area (Å²) in [7, 11) is 3.26. The van der Waals surface area contributed by atoms with Gasteiger partial charge in [-0.05, 0) is 23.0 Å². The molecule has 0 bridgehead atoms. The molecule has 144 valence electrons. The summed E-state index contributed by atoms with van der Waals surface area (Å²) in [5.41, 5.74) is 3.38. The lowest BCUT2D eigenvalue weighted by Crippen LogP contribution is -2.36. The molecule has 0 fully saturated rings. The second-order valence-corrected chi connectivity index (χ2v) is 8.32. The van der Waals surface area contributed by atoms with Crippen molar-refractivity contribution >= 4 is 10.9 Å². The van der Waals surface area contributed by atoms with Gasteiger partial charge in [-0.2, -0.15) is 0 Å². The Balaban J connectivity index is 2.33. The van der Waals surface area contributed by atoms with Gasteiger partial charge < -0.3 is 4.57 Å². The maximum Gasteiger partial charge on any atom is 0.330 e. The van der Waals surface area contributed by atoms with Crippen LogP contribution in [0.1, 0.15) is 46.1 Å². The van der Waals surface area contributed by atoms with E-state index in [1.807, 2.05) is 6.20 Å². The first-order chi connectivity index (χ1) is 12.7.